The summed E-state index contributed by atoms with van der Waals surface area (Å²) in [4.78, 5) is 0. The first-order valence-corrected chi connectivity index (χ1v) is 3.65. The molecule has 1 saturated heterocycles. The van der Waals surface area contributed by atoms with Crippen molar-refractivity contribution in [2.45, 2.75) is 44.7 Å². The molecule has 0 spiro atoms. The monoisotopic (exact) mass is 128 g/mol. The smallest absolute Gasteiger partial charge is 0.155 e. The predicted molar refractivity (Wildman–Crippen MR) is 33.1 cm³/mol. The lowest BCUT2D eigenvalue weighted by Crippen LogP contribution is -2.29. The molecule has 1 aliphatic carbocycles. The Labute approximate surface area is 55.1 Å². The average Bonchev–Trinajstić information content (AvgIpc) is 2.11. The van der Waals surface area contributed by atoms with Crippen LogP contribution in [0.1, 0.15) is 26.2 Å². The first-order chi connectivity index (χ1) is 4.34. The lowest BCUT2D eigenvalue weighted by molar-refractivity contribution is -0.208. The van der Waals surface area contributed by atoms with Gasteiger partial charge in [-0.3, -0.25) is 0 Å². The molecule has 52 valence electrons. The van der Waals surface area contributed by atoms with Crippen molar-refractivity contribution in [3.63, 3.8) is 0 Å². The third-order valence-corrected chi connectivity index (χ3v) is 2.10. The standard InChI is InChI=1S/C7H12O2/c1-5-8-6-2-3-7(4-6)9-5/h5-7H,2-4H2,1H3. The van der Waals surface area contributed by atoms with Gasteiger partial charge in [0, 0.05) is 6.42 Å². The molecule has 2 aliphatic rings. The van der Waals surface area contributed by atoms with Crippen LogP contribution in [0.5, 0.6) is 0 Å². The van der Waals surface area contributed by atoms with Crippen LogP contribution in [0.4, 0.5) is 0 Å². The van der Waals surface area contributed by atoms with Crippen LogP contribution in [0.15, 0.2) is 0 Å². The Bertz CT molecular complexity index is 101. The summed E-state index contributed by atoms with van der Waals surface area (Å²) in [5, 5.41) is 0. The van der Waals surface area contributed by atoms with Gasteiger partial charge in [0.1, 0.15) is 0 Å². The minimum absolute atomic E-state index is 0.0521. The van der Waals surface area contributed by atoms with E-state index in [9.17, 15) is 0 Å². The summed E-state index contributed by atoms with van der Waals surface area (Å²) in [5.74, 6) is 0. The highest BCUT2D eigenvalue weighted by Crippen LogP contribution is 2.31. The van der Waals surface area contributed by atoms with Gasteiger partial charge in [0.25, 0.3) is 0 Å². The molecule has 0 aromatic carbocycles. The zero-order valence-electron chi connectivity index (χ0n) is 5.67. The van der Waals surface area contributed by atoms with E-state index in [1.54, 1.807) is 0 Å². The van der Waals surface area contributed by atoms with Crippen LogP contribution < -0.4 is 0 Å². The van der Waals surface area contributed by atoms with Crippen LogP contribution in [0.2, 0.25) is 0 Å². The van der Waals surface area contributed by atoms with Crippen molar-refractivity contribution in [2.24, 2.45) is 0 Å². The van der Waals surface area contributed by atoms with Crippen molar-refractivity contribution in [3.05, 3.63) is 0 Å². The second-order valence-corrected chi connectivity index (χ2v) is 2.90. The normalized spacial score (nSPS) is 49.7. The average molecular weight is 128 g/mol. The molecule has 0 aromatic heterocycles. The van der Waals surface area contributed by atoms with Crippen molar-refractivity contribution in [2.75, 3.05) is 0 Å². The summed E-state index contributed by atoms with van der Waals surface area (Å²) in [6, 6.07) is 0. The lowest BCUT2D eigenvalue weighted by Gasteiger charge is -2.26. The number of rotatable bonds is 0. The van der Waals surface area contributed by atoms with Crippen LogP contribution in [0.3, 0.4) is 0 Å². The van der Waals surface area contributed by atoms with Gasteiger partial charge in [0.15, 0.2) is 6.29 Å². The predicted octanol–water partition coefficient (Wildman–Crippen LogP) is 1.30. The Morgan fingerprint density at radius 3 is 2.22 bits per heavy atom. The van der Waals surface area contributed by atoms with Gasteiger partial charge in [0.2, 0.25) is 0 Å². The molecular weight excluding hydrogens is 116 g/mol. The Morgan fingerprint density at radius 1 is 1.11 bits per heavy atom. The van der Waals surface area contributed by atoms with Crippen molar-refractivity contribution in [1.82, 2.24) is 0 Å². The molecule has 2 nitrogen and oxygen atoms in total. The Morgan fingerprint density at radius 2 is 1.67 bits per heavy atom. The fraction of sp³-hybridized carbons (Fsp3) is 1.00. The van der Waals surface area contributed by atoms with E-state index in [-0.39, 0.29) is 6.29 Å². The molecule has 1 heterocycles. The third-order valence-electron chi connectivity index (χ3n) is 2.10. The minimum atomic E-state index is 0.0521. The molecule has 2 bridgehead atoms. The Balaban J connectivity index is 2.03. The largest absolute Gasteiger partial charge is 0.350 e. The molecule has 0 radical (unpaired) electrons. The van der Waals surface area contributed by atoms with E-state index in [4.69, 9.17) is 9.47 Å². The molecule has 0 aromatic rings. The number of hydrogen-bond donors (Lipinski definition) is 0. The summed E-state index contributed by atoms with van der Waals surface area (Å²) < 4.78 is 10.9. The molecule has 0 N–H and O–H groups in total. The van der Waals surface area contributed by atoms with Crippen molar-refractivity contribution >= 4 is 0 Å². The van der Waals surface area contributed by atoms with Crippen LogP contribution >= 0.6 is 0 Å². The van der Waals surface area contributed by atoms with E-state index < -0.39 is 0 Å². The summed E-state index contributed by atoms with van der Waals surface area (Å²) in [6.45, 7) is 1.98. The summed E-state index contributed by atoms with van der Waals surface area (Å²) in [7, 11) is 0. The second kappa shape index (κ2) is 1.96. The maximum atomic E-state index is 5.45. The van der Waals surface area contributed by atoms with E-state index >= 15 is 0 Å². The van der Waals surface area contributed by atoms with Crippen LogP contribution in [0, 0.1) is 0 Å². The second-order valence-electron chi connectivity index (χ2n) is 2.90. The molecule has 9 heavy (non-hydrogen) atoms. The fourth-order valence-corrected chi connectivity index (χ4v) is 1.72. The van der Waals surface area contributed by atoms with Gasteiger partial charge in [-0.15, -0.1) is 0 Å². The van der Waals surface area contributed by atoms with E-state index in [2.05, 4.69) is 0 Å². The van der Waals surface area contributed by atoms with E-state index in [1.165, 1.54) is 12.8 Å². The molecule has 2 unspecified atom stereocenters. The zero-order chi connectivity index (χ0) is 6.27. The lowest BCUT2D eigenvalue weighted by atomic mass is 10.3. The Kier molecular flexibility index (Phi) is 1.24. The van der Waals surface area contributed by atoms with Gasteiger partial charge in [-0.05, 0) is 19.8 Å². The Hall–Kier alpha value is -0.0800. The highest BCUT2D eigenvalue weighted by Gasteiger charge is 2.33. The van der Waals surface area contributed by atoms with Gasteiger partial charge in [-0.25, -0.2) is 0 Å². The number of fused-ring (bicyclic) bond motifs is 2. The van der Waals surface area contributed by atoms with Crippen molar-refractivity contribution < 1.29 is 9.47 Å². The maximum Gasteiger partial charge on any atom is 0.155 e. The van der Waals surface area contributed by atoms with Gasteiger partial charge in [-0.1, -0.05) is 0 Å². The highest BCUT2D eigenvalue weighted by molar-refractivity contribution is 4.79. The van der Waals surface area contributed by atoms with Crippen LogP contribution in [0.25, 0.3) is 0 Å². The number of hydrogen-bond acceptors (Lipinski definition) is 2. The topological polar surface area (TPSA) is 18.5 Å². The third kappa shape index (κ3) is 0.970. The molecule has 2 fully saturated rings. The van der Waals surface area contributed by atoms with E-state index in [1.807, 2.05) is 6.92 Å². The zero-order valence-corrected chi connectivity index (χ0v) is 5.67. The van der Waals surface area contributed by atoms with Crippen LogP contribution in [-0.4, -0.2) is 18.5 Å². The van der Waals surface area contributed by atoms with Crippen molar-refractivity contribution in [1.29, 1.82) is 0 Å². The van der Waals surface area contributed by atoms with Gasteiger partial charge in [-0.2, -0.15) is 0 Å². The van der Waals surface area contributed by atoms with Crippen molar-refractivity contribution in [3.8, 4) is 0 Å². The quantitative estimate of drug-likeness (QED) is 0.489. The maximum absolute atomic E-state index is 5.45. The van der Waals surface area contributed by atoms with E-state index in [0.29, 0.717) is 12.2 Å². The summed E-state index contributed by atoms with van der Waals surface area (Å²) in [6.07, 6.45) is 4.61. The molecular formula is C7H12O2. The van der Waals surface area contributed by atoms with Gasteiger partial charge >= 0.3 is 0 Å². The number of ether oxygens (including phenoxy) is 2. The fourth-order valence-electron chi connectivity index (χ4n) is 1.72. The highest BCUT2D eigenvalue weighted by atomic mass is 16.7. The molecule has 1 aliphatic heterocycles. The molecule has 2 atom stereocenters. The van der Waals surface area contributed by atoms with Crippen LogP contribution in [-0.2, 0) is 9.47 Å². The molecule has 2 heteroatoms. The first kappa shape index (κ1) is 5.69. The van der Waals surface area contributed by atoms with E-state index in [0.717, 1.165) is 6.42 Å². The van der Waals surface area contributed by atoms with Gasteiger partial charge in [0.05, 0.1) is 12.2 Å². The summed E-state index contributed by atoms with van der Waals surface area (Å²) in [5.41, 5.74) is 0. The first-order valence-electron chi connectivity index (χ1n) is 3.65. The SMILES string of the molecule is CC1OC2CCC(C2)O1. The van der Waals surface area contributed by atoms with Gasteiger partial charge < -0.3 is 9.47 Å². The minimum Gasteiger partial charge on any atom is -0.350 e. The molecule has 0 amide bonds. The summed E-state index contributed by atoms with van der Waals surface area (Å²) >= 11 is 0. The molecule has 2 rings (SSSR count). The molecule has 1 saturated carbocycles.